The molecule has 1 saturated heterocycles. The van der Waals surface area contributed by atoms with E-state index in [1.165, 1.54) is 12.8 Å². The van der Waals surface area contributed by atoms with E-state index in [9.17, 15) is 4.79 Å². The van der Waals surface area contributed by atoms with E-state index < -0.39 is 0 Å². The zero-order valence-electron chi connectivity index (χ0n) is 12.4. The number of carbonyl (C=O) groups is 1. The van der Waals surface area contributed by atoms with Crippen LogP contribution < -0.4 is 5.73 Å². The second-order valence-corrected chi connectivity index (χ2v) is 5.84. The predicted molar refractivity (Wildman–Crippen MR) is 82.2 cm³/mol. The fourth-order valence-electron chi connectivity index (χ4n) is 3.03. The lowest BCUT2D eigenvalue weighted by atomic mass is 9.96. The van der Waals surface area contributed by atoms with Gasteiger partial charge in [0.2, 0.25) is 5.91 Å². The fourth-order valence-corrected chi connectivity index (χ4v) is 3.03. The molecule has 0 aliphatic carbocycles. The maximum atomic E-state index is 12.2. The van der Waals surface area contributed by atoms with Gasteiger partial charge in [-0.2, -0.15) is 0 Å². The average Bonchev–Trinajstić information content (AvgIpc) is 2.64. The summed E-state index contributed by atoms with van der Waals surface area (Å²) < 4.78 is 0. The lowest BCUT2D eigenvalue weighted by Crippen LogP contribution is -2.36. The second kappa shape index (κ2) is 7.44. The molecule has 2 N–H and O–H groups in total. The normalized spacial score (nSPS) is 21.6. The summed E-state index contributed by atoms with van der Waals surface area (Å²) in [5.41, 5.74) is 7.34. The van der Waals surface area contributed by atoms with Crippen LogP contribution in [-0.2, 0) is 4.79 Å². The Bertz CT molecular complexity index is 418. The summed E-state index contributed by atoms with van der Waals surface area (Å²) in [7, 11) is 0. The minimum absolute atomic E-state index is 0.0807. The smallest absolute Gasteiger partial charge is 0.222 e. The molecular formula is C17H26N2O. The van der Waals surface area contributed by atoms with Crippen molar-refractivity contribution in [3.8, 4) is 0 Å². The van der Waals surface area contributed by atoms with Gasteiger partial charge in [-0.1, -0.05) is 50.1 Å². The van der Waals surface area contributed by atoms with Crippen LogP contribution in [0.4, 0.5) is 0 Å². The molecule has 1 aromatic rings. The Labute approximate surface area is 122 Å². The molecule has 3 heteroatoms. The highest BCUT2D eigenvalue weighted by Crippen LogP contribution is 2.23. The van der Waals surface area contributed by atoms with E-state index in [1.54, 1.807) is 0 Å². The van der Waals surface area contributed by atoms with Gasteiger partial charge in [0.1, 0.15) is 0 Å². The molecule has 2 rings (SSSR count). The van der Waals surface area contributed by atoms with Crippen molar-refractivity contribution in [3.05, 3.63) is 35.9 Å². The van der Waals surface area contributed by atoms with Crippen LogP contribution in [0.3, 0.4) is 0 Å². The molecule has 1 aliphatic rings. The molecule has 0 spiro atoms. The van der Waals surface area contributed by atoms with Crippen molar-refractivity contribution in [1.29, 1.82) is 0 Å². The Hall–Kier alpha value is -1.35. The number of likely N-dealkylation sites (tertiary alicyclic amines) is 1. The predicted octanol–water partition coefficient (Wildman–Crippen LogP) is 3.12. The van der Waals surface area contributed by atoms with Crippen molar-refractivity contribution in [2.75, 3.05) is 13.1 Å². The number of amides is 1. The highest BCUT2D eigenvalue weighted by Gasteiger charge is 2.23. The van der Waals surface area contributed by atoms with Gasteiger partial charge in [-0.15, -0.1) is 0 Å². The third-order valence-electron chi connectivity index (χ3n) is 4.27. The molecule has 2 unspecified atom stereocenters. The molecule has 0 aromatic heterocycles. The highest BCUT2D eigenvalue weighted by atomic mass is 16.2. The number of hydrogen-bond acceptors (Lipinski definition) is 2. The van der Waals surface area contributed by atoms with Gasteiger partial charge >= 0.3 is 0 Å². The Kier molecular flexibility index (Phi) is 5.60. The van der Waals surface area contributed by atoms with Gasteiger partial charge in [0.05, 0.1) is 0 Å². The minimum atomic E-state index is -0.0807. The first-order valence-electron chi connectivity index (χ1n) is 7.79. The van der Waals surface area contributed by atoms with E-state index in [-0.39, 0.29) is 11.9 Å². The number of rotatable bonds is 5. The average molecular weight is 274 g/mol. The minimum Gasteiger partial charge on any atom is -0.341 e. The van der Waals surface area contributed by atoms with Crippen molar-refractivity contribution in [3.63, 3.8) is 0 Å². The van der Waals surface area contributed by atoms with Gasteiger partial charge in [0, 0.05) is 25.6 Å². The molecule has 2 atom stereocenters. The van der Waals surface area contributed by atoms with Gasteiger partial charge < -0.3 is 10.6 Å². The van der Waals surface area contributed by atoms with Gasteiger partial charge in [0.15, 0.2) is 0 Å². The Morgan fingerprint density at radius 3 is 2.75 bits per heavy atom. The van der Waals surface area contributed by atoms with Crippen molar-refractivity contribution in [1.82, 2.24) is 4.90 Å². The van der Waals surface area contributed by atoms with Crippen molar-refractivity contribution >= 4 is 5.91 Å². The maximum absolute atomic E-state index is 12.2. The van der Waals surface area contributed by atoms with Crippen LogP contribution in [0.15, 0.2) is 30.3 Å². The SMILES string of the molecule is CCCC1CCC(=O)N(CC(N)c2ccccc2)CC1. The highest BCUT2D eigenvalue weighted by molar-refractivity contribution is 5.76. The molecule has 3 nitrogen and oxygen atoms in total. The number of nitrogens with two attached hydrogens (primary N) is 1. The lowest BCUT2D eigenvalue weighted by Gasteiger charge is -2.25. The molecular weight excluding hydrogens is 248 g/mol. The first-order chi connectivity index (χ1) is 9.70. The van der Waals surface area contributed by atoms with E-state index in [1.807, 2.05) is 35.2 Å². The number of nitrogens with zero attached hydrogens (tertiary/aromatic N) is 1. The fraction of sp³-hybridized carbons (Fsp3) is 0.588. The molecule has 0 saturated carbocycles. The monoisotopic (exact) mass is 274 g/mol. The molecule has 20 heavy (non-hydrogen) atoms. The molecule has 110 valence electrons. The Morgan fingerprint density at radius 1 is 1.30 bits per heavy atom. The number of hydrogen-bond donors (Lipinski definition) is 1. The van der Waals surface area contributed by atoms with Crippen molar-refractivity contribution in [2.45, 2.75) is 45.1 Å². The lowest BCUT2D eigenvalue weighted by molar-refractivity contribution is -0.130. The van der Waals surface area contributed by atoms with Gasteiger partial charge in [-0.25, -0.2) is 0 Å². The van der Waals surface area contributed by atoms with Crippen LogP contribution in [0, 0.1) is 5.92 Å². The Morgan fingerprint density at radius 2 is 2.05 bits per heavy atom. The first-order valence-corrected chi connectivity index (χ1v) is 7.79. The van der Waals surface area contributed by atoms with Crippen LogP contribution in [0.1, 0.15) is 50.6 Å². The molecule has 1 amide bonds. The van der Waals surface area contributed by atoms with Crippen molar-refractivity contribution in [2.24, 2.45) is 11.7 Å². The summed E-state index contributed by atoms with van der Waals surface area (Å²) in [5, 5.41) is 0. The van der Waals surface area contributed by atoms with Crippen LogP contribution in [0.25, 0.3) is 0 Å². The van der Waals surface area contributed by atoms with E-state index >= 15 is 0 Å². The zero-order chi connectivity index (χ0) is 14.4. The Balaban J connectivity index is 1.93. The van der Waals surface area contributed by atoms with Gasteiger partial charge in [-0.05, 0) is 24.3 Å². The first kappa shape index (κ1) is 15.0. The van der Waals surface area contributed by atoms with Crippen LogP contribution in [0.5, 0.6) is 0 Å². The molecule has 1 heterocycles. The molecule has 1 aliphatic heterocycles. The van der Waals surface area contributed by atoms with Gasteiger partial charge in [0.25, 0.3) is 0 Å². The molecule has 1 aromatic carbocycles. The quantitative estimate of drug-likeness (QED) is 0.896. The molecule has 0 radical (unpaired) electrons. The third kappa shape index (κ3) is 4.07. The zero-order valence-corrected chi connectivity index (χ0v) is 12.4. The van der Waals surface area contributed by atoms with E-state index in [0.717, 1.165) is 24.9 Å². The summed E-state index contributed by atoms with van der Waals surface area (Å²) >= 11 is 0. The van der Waals surface area contributed by atoms with E-state index in [4.69, 9.17) is 5.73 Å². The van der Waals surface area contributed by atoms with Gasteiger partial charge in [-0.3, -0.25) is 4.79 Å². The summed E-state index contributed by atoms with van der Waals surface area (Å²) in [6, 6.07) is 9.97. The second-order valence-electron chi connectivity index (χ2n) is 5.84. The summed E-state index contributed by atoms with van der Waals surface area (Å²) in [6.45, 7) is 3.72. The van der Waals surface area contributed by atoms with Crippen molar-refractivity contribution < 1.29 is 4.79 Å². The van der Waals surface area contributed by atoms with Crippen LogP contribution >= 0.6 is 0 Å². The summed E-state index contributed by atoms with van der Waals surface area (Å²) in [4.78, 5) is 14.2. The van der Waals surface area contributed by atoms with Crippen LogP contribution in [-0.4, -0.2) is 23.9 Å². The third-order valence-corrected chi connectivity index (χ3v) is 4.27. The number of carbonyl (C=O) groups excluding carboxylic acids is 1. The summed E-state index contributed by atoms with van der Waals surface area (Å²) in [5.74, 6) is 0.983. The molecule has 0 bridgehead atoms. The number of benzene rings is 1. The van der Waals surface area contributed by atoms with Crippen LogP contribution in [0.2, 0.25) is 0 Å². The van der Waals surface area contributed by atoms with E-state index in [0.29, 0.717) is 18.9 Å². The topological polar surface area (TPSA) is 46.3 Å². The van der Waals surface area contributed by atoms with E-state index in [2.05, 4.69) is 6.92 Å². The summed E-state index contributed by atoms with van der Waals surface area (Å²) in [6.07, 6.45) is 5.31. The maximum Gasteiger partial charge on any atom is 0.222 e. The molecule has 1 fully saturated rings. The largest absolute Gasteiger partial charge is 0.341 e. The standard InChI is InChI=1S/C17H26N2O/c1-2-6-14-9-10-17(20)19(12-11-14)13-16(18)15-7-4-3-5-8-15/h3-5,7-8,14,16H,2,6,9-13,18H2,1H3.